The number of ether oxygens (including phenoxy) is 1. The molecule has 0 aliphatic heterocycles. The van der Waals surface area contributed by atoms with Crippen molar-refractivity contribution in [1.82, 2.24) is 0 Å². The third kappa shape index (κ3) is 4.22. The molecule has 3 atom stereocenters. The van der Waals surface area contributed by atoms with Gasteiger partial charge in [-0.15, -0.1) is 0 Å². The summed E-state index contributed by atoms with van der Waals surface area (Å²) >= 11 is 4.33. The van der Waals surface area contributed by atoms with Crippen LogP contribution in [-0.2, 0) is 14.3 Å². The van der Waals surface area contributed by atoms with Crippen molar-refractivity contribution in [2.24, 2.45) is 11.8 Å². The number of carbonyl (C=O) groups is 2. The van der Waals surface area contributed by atoms with Gasteiger partial charge in [-0.3, -0.25) is 9.59 Å². The molecule has 98 valence electrons. The van der Waals surface area contributed by atoms with Crippen LogP contribution in [0.1, 0.15) is 40.0 Å². The van der Waals surface area contributed by atoms with Gasteiger partial charge in [-0.05, 0) is 40.0 Å². The van der Waals surface area contributed by atoms with E-state index in [0.717, 1.165) is 6.42 Å². The smallest absolute Gasteiger partial charge is 0.310 e. The summed E-state index contributed by atoms with van der Waals surface area (Å²) in [6.07, 6.45) is 1.71. The zero-order chi connectivity index (χ0) is 13.2. The van der Waals surface area contributed by atoms with E-state index < -0.39 is 29.4 Å². The van der Waals surface area contributed by atoms with E-state index in [0.29, 0.717) is 12.8 Å². The Hall–Kier alpha value is -0.710. The molecule has 5 heteroatoms. The van der Waals surface area contributed by atoms with Gasteiger partial charge in [-0.1, -0.05) is 0 Å². The predicted octanol–water partition coefficient (Wildman–Crippen LogP) is 2.13. The van der Waals surface area contributed by atoms with Crippen LogP contribution in [0.25, 0.3) is 0 Å². The van der Waals surface area contributed by atoms with Crippen molar-refractivity contribution in [1.29, 1.82) is 0 Å². The van der Waals surface area contributed by atoms with Crippen molar-refractivity contribution in [3.63, 3.8) is 0 Å². The molecule has 0 aromatic heterocycles. The average molecular weight is 260 g/mol. The summed E-state index contributed by atoms with van der Waals surface area (Å²) in [4.78, 5) is 23.1. The molecule has 1 saturated carbocycles. The first-order valence-electron chi connectivity index (χ1n) is 5.84. The minimum absolute atomic E-state index is 0.0862. The average Bonchev–Trinajstić information content (AvgIpc) is 2.14. The number of thiol groups is 1. The quantitative estimate of drug-likeness (QED) is 0.589. The van der Waals surface area contributed by atoms with Gasteiger partial charge in [-0.2, -0.15) is 12.6 Å². The number of rotatable bonds is 2. The maximum atomic E-state index is 12.0. The van der Waals surface area contributed by atoms with Gasteiger partial charge in [0.2, 0.25) is 0 Å². The Morgan fingerprint density at radius 2 is 1.82 bits per heavy atom. The van der Waals surface area contributed by atoms with E-state index in [4.69, 9.17) is 9.84 Å². The molecule has 1 aliphatic rings. The zero-order valence-electron chi connectivity index (χ0n) is 10.5. The van der Waals surface area contributed by atoms with Crippen molar-refractivity contribution >= 4 is 24.6 Å². The molecule has 1 aliphatic carbocycles. The highest BCUT2D eigenvalue weighted by Gasteiger charge is 2.40. The van der Waals surface area contributed by atoms with Gasteiger partial charge in [0.05, 0.1) is 11.8 Å². The number of esters is 1. The number of carbonyl (C=O) groups excluding carboxylic acids is 1. The zero-order valence-corrected chi connectivity index (χ0v) is 11.4. The van der Waals surface area contributed by atoms with Gasteiger partial charge in [0.15, 0.2) is 0 Å². The maximum Gasteiger partial charge on any atom is 0.310 e. The van der Waals surface area contributed by atoms with Gasteiger partial charge >= 0.3 is 11.9 Å². The number of hydrogen-bond acceptors (Lipinski definition) is 4. The van der Waals surface area contributed by atoms with Crippen molar-refractivity contribution < 1.29 is 19.4 Å². The summed E-state index contributed by atoms with van der Waals surface area (Å²) in [5, 5.41) is 9.20. The van der Waals surface area contributed by atoms with Crippen LogP contribution in [0.5, 0.6) is 0 Å². The standard InChI is InChI=1S/C12H20O4S/c1-12(2,3)16-11(15)9-6-7(17)4-5-8(9)10(13)14/h7-9,17H,4-6H2,1-3H3,(H,13,14). The molecule has 0 amide bonds. The first-order valence-corrected chi connectivity index (χ1v) is 6.36. The molecule has 17 heavy (non-hydrogen) atoms. The normalized spacial score (nSPS) is 29.8. The topological polar surface area (TPSA) is 63.6 Å². The van der Waals surface area contributed by atoms with Crippen molar-refractivity contribution in [3.05, 3.63) is 0 Å². The van der Waals surface area contributed by atoms with E-state index >= 15 is 0 Å². The highest BCUT2D eigenvalue weighted by Crippen LogP contribution is 2.34. The lowest BCUT2D eigenvalue weighted by atomic mass is 9.79. The first kappa shape index (κ1) is 14.4. The summed E-state index contributed by atoms with van der Waals surface area (Å²) < 4.78 is 5.27. The molecule has 0 heterocycles. The van der Waals surface area contributed by atoms with E-state index in [2.05, 4.69) is 12.6 Å². The van der Waals surface area contributed by atoms with E-state index in [1.165, 1.54) is 0 Å². The highest BCUT2D eigenvalue weighted by molar-refractivity contribution is 7.80. The Bertz CT molecular complexity index is 308. The molecule has 0 saturated heterocycles. The second-order valence-corrected chi connectivity index (χ2v) is 6.28. The van der Waals surface area contributed by atoms with Gasteiger partial charge in [0.25, 0.3) is 0 Å². The first-order chi connectivity index (χ1) is 7.70. The molecule has 4 nitrogen and oxygen atoms in total. The third-order valence-electron chi connectivity index (χ3n) is 2.85. The van der Waals surface area contributed by atoms with Crippen molar-refractivity contribution in [2.75, 3.05) is 0 Å². The molecule has 0 aromatic carbocycles. The summed E-state index contributed by atoms with van der Waals surface area (Å²) in [5.41, 5.74) is -0.580. The molecule has 3 unspecified atom stereocenters. The Balaban J connectivity index is 2.75. The fraction of sp³-hybridized carbons (Fsp3) is 0.833. The number of aliphatic carboxylic acids is 1. The van der Waals surface area contributed by atoms with Gasteiger partial charge < -0.3 is 9.84 Å². The minimum atomic E-state index is -0.916. The second kappa shape index (κ2) is 5.29. The molecular weight excluding hydrogens is 240 g/mol. The van der Waals surface area contributed by atoms with E-state index in [1.807, 2.05) is 0 Å². The second-order valence-electron chi connectivity index (χ2n) is 5.55. The van der Waals surface area contributed by atoms with E-state index in [1.54, 1.807) is 20.8 Å². The monoisotopic (exact) mass is 260 g/mol. The van der Waals surface area contributed by atoms with Crippen LogP contribution in [0.4, 0.5) is 0 Å². The van der Waals surface area contributed by atoms with Crippen LogP contribution in [0.2, 0.25) is 0 Å². The molecular formula is C12H20O4S. The fourth-order valence-electron chi connectivity index (χ4n) is 2.08. The molecule has 0 bridgehead atoms. The predicted molar refractivity (Wildman–Crippen MR) is 67.1 cm³/mol. The van der Waals surface area contributed by atoms with Crippen LogP contribution >= 0.6 is 12.6 Å². The number of carboxylic acids is 1. The summed E-state index contributed by atoms with van der Waals surface area (Å²) in [7, 11) is 0. The number of carboxylic acid groups (broad SMARTS) is 1. The minimum Gasteiger partial charge on any atom is -0.481 e. The summed E-state index contributed by atoms with van der Waals surface area (Å²) in [6.45, 7) is 5.34. The molecule has 1 N–H and O–H groups in total. The van der Waals surface area contributed by atoms with Crippen molar-refractivity contribution in [3.8, 4) is 0 Å². The van der Waals surface area contributed by atoms with Crippen molar-refractivity contribution in [2.45, 2.75) is 50.9 Å². The largest absolute Gasteiger partial charge is 0.481 e. The van der Waals surface area contributed by atoms with Gasteiger partial charge in [0.1, 0.15) is 5.60 Å². The Morgan fingerprint density at radius 1 is 1.24 bits per heavy atom. The van der Waals surface area contributed by atoms with Crippen LogP contribution in [0.3, 0.4) is 0 Å². The Morgan fingerprint density at radius 3 is 2.29 bits per heavy atom. The Labute approximate surface area is 107 Å². The van der Waals surface area contributed by atoms with Crippen LogP contribution in [0, 0.1) is 11.8 Å². The highest BCUT2D eigenvalue weighted by atomic mass is 32.1. The lowest BCUT2D eigenvalue weighted by Crippen LogP contribution is -2.39. The molecule has 0 aromatic rings. The van der Waals surface area contributed by atoms with Crippen LogP contribution in [0.15, 0.2) is 0 Å². The Kier molecular flexibility index (Phi) is 4.47. The fourth-order valence-corrected chi connectivity index (χ4v) is 2.46. The summed E-state index contributed by atoms with van der Waals surface area (Å²) in [5.74, 6) is -2.53. The van der Waals surface area contributed by atoms with E-state index in [-0.39, 0.29) is 5.25 Å². The number of hydrogen-bond donors (Lipinski definition) is 2. The lowest BCUT2D eigenvalue weighted by Gasteiger charge is -2.32. The SMILES string of the molecule is CC(C)(C)OC(=O)C1CC(S)CCC1C(=O)O. The molecule has 1 fully saturated rings. The van der Waals surface area contributed by atoms with Crippen LogP contribution in [-0.4, -0.2) is 27.9 Å². The van der Waals surface area contributed by atoms with E-state index in [9.17, 15) is 9.59 Å². The lowest BCUT2D eigenvalue weighted by molar-refractivity contribution is -0.168. The van der Waals surface area contributed by atoms with Gasteiger partial charge in [-0.25, -0.2) is 0 Å². The van der Waals surface area contributed by atoms with Crippen LogP contribution < -0.4 is 0 Å². The molecule has 0 radical (unpaired) electrons. The molecule has 1 rings (SSSR count). The van der Waals surface area contributed by atoms with Gasteiger partial charge in [0, 0.05) is 5.25 Å². The maximum absolute atomic E-state index is 12.0. The third-order valence-corrected chi connectivity index (χ3v) is 3.32. The summed E-state index contributed by atoms with van der Waals surface area (Å²) in [6, 6.07) is 0. The molecule has 0 spiro atoms.